The molecule has 3 rings (SSSR count). The first-order valence-electron chi connectivity index (χ1n) is 7.42. The van der Waals surface area contributed by atoms with E-state index in [0.29, 0.717) is 28.8 Å². The number of hydrogen-bond donors (Lipinski definition) is 1. The second-order valence-corrected chi connectivity index (χ2v) is 6.90. The summed E-state index contributed by atoms with van der Waals surface area (Å²) in [7, 11) is 1.60. The Morgan fingerprint density at radius 3 is 2.76 bits per heavy atom. The maximum atomic E-state index is 12.3. The number of methoxy groups -OCH3 is 1. The normalized spacial score (nSPS) is 10.3. The van der Waals surface area contributed by atoms with Crippen molar-refractivity contribution in [3.05, 3.63) is 69.0 Å². The molecule has 0 atom stereocenters. The van der Waals surface area contributed by atoms with Crippen LogP contribution in [0, 0.1) is 0 Å². The first-order valence-corrected chi connectivity index (χ1v) is 9.09. The van der Waals surface area contributed by atoms with Crippen molar-refractivity contribution in [2.24, 2.45) is 0 Å². The van der Waals surface area contributed by atoms with Crippen LogP contribution in [0.3, 0.4) is 0 Å². The van der Waals surface area contributed by atoms with Crippen LogP contribution in [0.25, 0.3) is 0 Å². The molecule has 25 heavy (non-hydrogen) atoms. The predicted octanol–water partition coefficient (Wildman–Crippen LogP) is 4.75. The summed E-state index contributed by atoms with van der Waals surface area (Å²) >= 11 is 4.68. The van der Waals surface area contributed by atoms with Gasteiger partial charge in [0.25, 0.3) is 5.91 Å². The van der Waals surface area contributed by atoms with Gasteiger partial charge in [0.05, 0.1) is 12.0 Å². The van der Waals surface area contributed by atoms with E-state index in [1.54, 1.807) is 19.4 Å². The van der Waals surface area contributed by atoms with Crippen molar-refractivity contribution in [1.29, 1.82) is 0 Å². The van der Waals surface area contributed by atoms with E-state index in [2.05, 4.69) is 26.2 Å². The second kappa shape index (κ2) is 8.13. The molecule has 0 aliphatic heterocycles. The van der Waals surface area contributed by atoms with Crippen LogP contribution in [0.2, 0.25) is 0 Å². The SMILES string of the molecule is COc1ccccc1OCc1csc(C(=O)Nc2ccc(Br)cn2)c1. The highest BCUT2D eigenvalue weighted by Crippen LogP contribution is 2.27. The molecule has 3 aromatic rings. The van der Waals surface area contributed by atoms with Gasteiger partial charge in [-0.2, -0.15) is 0 Å². The van der Waals surface area contributed by atoms with Gasteiger partial charge >= 0.3 is 0 Å². The number of amides is 1. The number of halogens is 1. The Bertz CT molecular complexity index is 865. The predicted molar refractivity (Wildman–Crippen MR) is 102 cm³/mol. The van der Waals surface area contributed by atoms with Gasteiger partial charge in [0.2, 0.25) is 0 Å². The summed E-state index contributed by atoms with van der Waals surface area (Å²) in [5.74, 6) is 1.66. The number of thiophene rings is 1. The van der Waals surface area contributed by atoms with Gasteiger partial charge in [-0.05, 0) is 51.6 Å². The number of pyridine rings is 1. The summed E-state index contributed by atoms with van der Waals surface area (Å²) in [6, 6.07) is 12.8. The van der Waals surface area contributed by atoms with Crippen molar-refractivity contribution in [3.8, 4) is 11.5 Å². The van der Waals surface area contributed by atoms with Crippen molar-refractivity contribution in [1.82, 2.24) is 4.98 Å². The van der Waals surface area contributed by atoms with Crippen molar-refractivity contribution < 1.29 is 14.3 Å². The van der Waals surface area contributed by atoms with Crippen LogP contribution in [0.4, 0.5) is 5.82 Å². The zero-order chi connectivity index (χ0) is 17.6. The van der Waals surface area contributed by atoms with Gasteiger partial charge in [0, 0.05) is 16.2 Å². The molecule has 0 bridgehead atoms. The molecule has 0 aliphatic carbocycles. The van der Waals surface area contributed by atoms with E-state index in [-0.39, 0.29) is 5.91 Å². The first kappa shape index (κ1) is 17.4. The minimum absolute atomic E-state index is 0.191. The maximum Gasteiger partial charge on any atom is 0.266 e. The number of anilines is 1. The number of aromatic nitrogens is 1. The number of carbonyl (C=O) groups is 1. The van der Waals surface area contributed by atoms with Crippen LogP contribution in [-0.2, 0) is 6.61 Å². The van der Waals surface area contributed by atoms with Gasteiger partial charge in [-0.1, -0.05) is 12.1 Å². The average molecular weight is 419 g/mol. The highest BCUT2D eigenvalue weighted by atomic mass is 79.9. The van der Waals surface area contributed by atoms with Gasteiger partial charge in [-0.3, -0.25) is 4.79 Å². The number of ether oxygens (including phenoxy) is 2. The lowest BCUT2D eigenvalue weighted by Crippen LogP contribution is -2.11. The number of benzene rings is 1. The van der Waals surface area contributed by atoms with Gasteiger partial charge in [-0.15, -0.1) is 11.3 Å². The third-order valence-corrected chi connectivity index (χ3v) is 4.76. The Labute approximate surface area is 157 Å². The van der Waals surface area contributed by atoms with Crippen LogP contribution in [0.1, 0.15) is 15.2 Å². The van der Waals surface area contributed by atoms with Gasteiger partial charge in [-0.25, -0.2) is 4.98 Å². The Morgan fingerprint density at radius 1 is 1.24 bits per heavy atom. The molecule has 0 saturated heterocycles. The average Bonchev–Trinajstić information content (AvgIpc) is 3.11. The third-order valence-electron chi connectivity index (χ3n) is 3.31. The number of nitrogens with zero attached hydrogens (tertiary/aromatic N) is 1. The molecule has 0 spiro atoms. The molecule has 0 saturated carbocycles. The Hall–Kier alpha value is -2.38. The number of hydrogen-bond acceptors (Lipinski definition) is 5. The largest absolute Gasteiger partial charge is 0.493 e. The summed E-state index contributed by atoms with van der Waals surface area (Å²) < 4.78 is 11.9. The summed E-state index contributed by atoms with van der Waals surface area (Å²) in [6.07, 6.45) is 1.64. The Kier molecular flexibility index (Phi) is 5.67. The molecule has 0 unspecified atom stereocenters. The fourth-order valence-electron chi connectivity index (χ4n) is 2.10. The molecule has 0 radical (unpaired) electrons. The van der Waals surface area contributed by atoms with Gasteiger partial charge < -0.3 is 14.8 Å². The van der Waals surface area contributed by atoms with Crippen LogP contribution >= 0.6 is 27.3 Å². The molecule has 0 aliphatic rings. The van der Waals surface area contributed by atoms with E-state index >= 15 is 0 Å². The third kappa shape index (κ3) is 4.58. The lowest BCUT2D eigenvalue weighted by atomic mass is 10.3. The molecule has 2 aromatic heterocycles. The molecule has 1 N–H and O–H groups in total. The molecular formula is C18H15BrN2O3S. The quantitative estimate of drug-likeness (QED) is 0.627. The lowest BCUT2D eigenvalue weighted by molar-refractivity contribution is 0.103. The lowest BCUT2D eigenvalue weighted by Gasteiger charge is -2.09. The summed E-state index contributed by atoms with van der Waals surface area (Å²) in [6.45, 7) is 0.362. The highest BCUT2D eigenvalue weighted by molar-refractivity contribution is 9.10. The van der Waals surface area contributed by atoms with E-state index in [9.17, 15) is 4.79 Å². The molecule has 5 nitrogen and oxygen atoms in total. The monoisotopic (exact) mass is 418 g/mol. The Morgan fingerprint density at radius 2 is 2.04 bits per heavy atom. The molecular weight excluding hydrogens is 404 g/mol. The molecule has 2 heterocycles. The fraction of sp³-hybridized carbons (Fsp3) is 0.111. The van der Waals surface area contributed by atoms with Crippen molar-refractivity contribution in [3.63, 3.8) is 0 Å². The highest BCUT2D eigenvalue weighted by Gasteiger charge is 2.11. The van der Waals surface area contributed by atoms with Crippen LogP contribution in [0.15, 0.2) is 58.5 Å². The summed E-state index contributed by atoms with van der Waals surface area (Å²) in [4.78, 5) is 17.0. The van der Waals surface area contributed by atoms with Crippen molar-refractivity contribution >= 4 is 39.0 Å². The van der Waals surface area contributed by atoms with Crippen molar-refractivity contribution in [2.45, 2.75) is 6.61 Å². The molecule has 1 amide bonds. The van der Waals surface area contributed by atoms with E-state index in [1.165, 1.54) is 11.3 Å². The molecule has 1 aromatic carbocycles. The van der Waals surface area contributed by atoms with Gasteiger partial charge in [0.15, 0.2) is 11.5 Å². The van der Waals surface area contributed by atoms with E-state index in [1.807, 2.05) is 41.8 Å². The van der Waals surface area contributed by atoms with Gasteiger partial charge in [0.1, 0.15) is 12.4 Å². The number of carbonyl (C=O) groups excluding carboxylic acids is 1. The topological polar surface area (TPSA) is 60.5 Å². The molecule has 0 fully saturated rings. The second-order valence-electron chi connectivity index (χ2n) is 5.07. The smallest absolute Gasteiger partial charge is 0.266 e. The molecule has 7 heteroatoms. The minimum atomic E-state index is -0.191. The number of rotatable bonds is 6. The van der Waals surface area contributed by atoms with Crippen LogP contribution in [0.5, 0.6) is 11.5 Å². The maximum absolute atomic E-state index is 12.3. The fourth-order valence-corrected chi connectivity index (χ4v) is 3.12. The van der Waals surface area contributed by atoms with E-state index < -0.39 is 0 Å². The van der Waals surface area contributed by atoms with E-state index in [0.717, 1.165) is 10.0 Å². The minimum Gasteiger partial charge on any atom is -0.493 e. The zero-order valence-corrected chi connectivity index (χ0v) is 15.8. The number of para-hydroxylation sites is 2. The summed E-state index contributed by atoms with van der Waals surface area (Å²) in [5, 5.41) is 4.67. The number of nitrogens with one attached hydrogen (secondary N) is 1. The van der Waals surface area contributed by atoms with Crippen molar-refractivity contribution in [2.75, 3.05) is 12.4 Å². The standard InChI is InChI=1S/C18H15BrN2O3S/c1-23-14-4-2-3-5-15(14)24-10-12-8-16(25-11-12)18(22)21-17-7-6-13(19)9-20-17/h2-9,11H,10H2,1H3,(H,20,21,22). The summed E-state index contributed by atoms with van der Waals surface area (Å²) in [5.41, 5.74) is 0.921. The van der Waals surface area contributed by atoms with Crippen LogP contribution in [-0.4, -0.2) is 18.0 Å². The zero-order valence-electron chi connectivity index (χ0n) is 13.4. The van der Waals surface area contributed by atoms with E-state index in [4.69, 9.17) is 9.47 Å². The Balaban J connectivity index is 1.61. The van der Waals surface area contributed by atoms with Crippen LogP contribution < -0.4 is 14.8 Å². The molecule has 128 valence electrons. The first-order chi connectivity index (χ1) is 12.2.